The minimum Gasteiger partial charge on any atom is -0.494 e. The minimum atomic E-state index is -0.649. The number of piperidine rings is 1. The molecule has 0 radical (unpaired) electrons. The smallest absolute Gasteiger partial charge is 0.230 e. The van der Waals surface area contributed by atoms with Gasteiger partial charge in [-0.15, -0.1) is 0 Å². The van der Waals surface area contributed by atoms with Gasteiger partial charge in [0.2, 0.25) is 5.91 Å². The van der Waals surface area contributed by atoms with Crippen molar-refractivity contribution in [1.82, 2.24) is 9.80 Å². The van der Waals surface area contributed by atoms with Crippen LogP contribution in [0.25, 0.3) is 0 Å². The Morgan fingerprint density at radius 2 is 1.84 bits per heavy atom. The fourth-order valence-electron chi connectivity index (χ4n) is 6.06. The third-order valence-electron chi connectivity index (χ3n) is 8.55. The summed E-state index contributed by atoms with van der Waals surface area (Å²) in [7, 11) is 4.98. The highest BCUT2D eigenvalue weighted by Crippen LogP contribution is 2.47. The van der Waals surface area contributed by atoms with Gasteiger partial charge < -0.3 is 24.2 Å². The van der Waals surface area contributed by atoms with Gasteiger partial charge in [-0.1, -0.05) is 35.3 Å². The number of methoxy groups -OCH3 is 1. The monoisotopic (exact) mass is 629 g/mol. The number of hydrogen-bond donors (Lipinski definition) is 0. The first-order chi connectivity index (χ1) is 20.5. The number of fused-ring (bicyclic) bond motifs is 2. The number of carbonyl (C=O) groups is 1. The van der Waals surface area contributed by atoms with Gasteiger partial charge in [0, 0.05) is 52.1 Å². The molecule has 5 rings (SSSR count). The molecule has 228 valence electrons. The summed E-state index contributed by atoms with van der Waals surface area (Å²) in [4.78, 5) is 19.6. The van der Waals surface area contributed by atoms with Gasteiger partial charge in [-0.3, -0.25) is 4.79 Å². The molecule has 10 heteroatoms. The molecule has 0 saturated carbocycles. The second kappa shape index (κ2) is 12.7. The molecule has 1 atom stereocenters. The zero-order chi connectivity index (χ0) is 30.9. The van der Waals surface area contributed by atoms with E-state index in [9.17, 15) is 13.6 Å². The van der Waals surface area contributed by atoms with E-state index in [1.54, 1.807) is 48.3 Å². The topological polar surface area (TPSA) is 45.3 Å². The molecule has 6 nitrogen and oxygen atoms in total. The number of ether oxygens (including phenoxy) is 2. The largest absolute Gasteiger partial charge is 0.494 e. The van der Waals surface area contributed by atoms with Crippen LogP contribution in [0.2, 0.25) is 10.0 Å². The Bertz CT molecular complexity index is 1530. The second-order valence-electron chi connectivity index (χ2n) is 11.2. The molecule has 1 fully saturated rings. The van der Waals surface area contributed by atoms with Gasteiger partial charge in [-0.2, -0.15) is 0 Å². The second-order valence-corrected chi connectivity index (χ2v) is 12.0. The molecule has 2 aliphatic rings. The van der Waals surface area contributed by atoms with Gasteiger partial charge in [0.15, 0.2) is 17.4 Å². The Kier molecular flexibility index (Phi) is 9.20. The van der Waals surface area contributed by atoms with Gasteiger partial charge in [0.05, 0.1) is 28.8 Å². The van der Waals surface area contributed by atoms with Crippen molar-refractivity contribution in [3.63, 3.8) is 0 Å². The summed E-state index contributed by atoms with van der Waals surface area (Å²) >= 11 is 12.5. The van der Waals surface area contributed by atoms with E-state index in [0.717, 1.165) is 16.8 Å². The first kappa shape index (κ1) is 31.1. The van der Waals surface area contributed by atoms with Crippen LogP contribution < -0.4 is 9.64 Å². The van der Waals surface area contributed by atoms with E-state index in [-0.39, 0.29) is 24.0 Å². The number of anilines is 1. The Balaban J connectivity index is 1.30. The lowest BCUT2D eigenvalue weighted by Gasteiger charge is -2.48. The first-order valence-corrected chi connectivity index (χ1v) is 14.9. The molecule has 1 unspecified atom stereocenters. The van der Waals surface area contributed by atoms with Crippen LogP contribution in [-0.2, 0) is 21.7 Å². The third kappa shape index (κ3) is 6.47. The summed E-state index contributed by atoms with van der Waals surface area (Å²) in [6.45, 7) is 6.37. The average molecular weight is 631 g/mol. The molecule has 1 spiro atoms. The lowest BCUT2D eigenvalue weighted by Crippen LogP contribution is -2.48. The number of likely N-dealkylation sites (tertiary alicyclic amines) is 1. The fourth-order valence-corrected chi connectivity index (χ4v) is 6.36. The number of halogens is 4. The quantitative estimate of drug-likeness (QED) is 0.261. The zero-order valence-corrected chi connectivity index (χ0v) is 26.0. The van der Waals surface area contributed by atoms with E-state index < -0.39 is 17.3 Å². The van der Waals surface area contributed by atoms with Gasteiger partial charge in [0.25, 0.3) is 0 Å². The van der Waals surface area contributed by atoms with Crippen molar-refractivity contribution in [1.29, 1.82) is 0 Å². The van der Waals surface area contributed by atoms with E-state index >= 15 is 0 Å². The summed E-state index contributed by atoms with van der Waals surface area (Å²) in [5.41, 5.74) is 2.50. The zero-order valence-electron chi connectivity index (χ0n) is 24.5. The lowest BCUT2D eigenvalue weighted by atomic mass is 9.81. The van der Waals surface area contributed by atoms with Crippen molar-refractivity contribution in [2.75, 3.05) is 45.7 Å². The number of carbonyl (C=O) groups excluding carboxylic acids is 1. The van der Waals surface area contributed by atoms with Gasteiger partial charge >= 0.3 is 0 Å². The maximum Gasteiger partial charge on any atom is 0.230 e. The Labute approximate surface area is 261 Å². The average Bonchev–Trinajstić information content (AvgIpc) is 2.98. The molecule has 3 aromatic carbocycles. The van der Waals surface area contributed by atoms with Gasteiger partial charge in [-0.05, 0) is 73.1 Å². The predicted molar refractivity (Wildman–Crippen MR) is 166 cm³/mol. The van der Waals surface area contributed by atoms with E-state index in [1.165, 1.54) is 19.2 Å². The van der Waals surface area contributed by atoms with Crippen molar-refractivity contribution in [2.45, 2.75) is 37.3 Å². The molecule has 2 aliphatic heterocycles. The summed E-state index contributed by atoms with van der Waals surface area (Å²) < 4.78 is 40.0. The van der Waals surface area contributed by atoms with Crippen LogP contribution in [-0.4, -0.2) is 56.5 Å². The molecule has 1 amide bonds. The van der Waals surface area contributed by atoms with Gasteiger partial charge in [-0.25, -0.2) is 8.78 Å². The van der Waals surface area contributed by atoms with Crippen molar-refractivity contribution in [2.24, 2.45) is 0 Å². The number of amides is 1. The maximum absolute atomic E-state index is 14.3. The third-order valence-corrected chi connectivity index (χ3v) is 9.29. The Hall–Kier alpha value is -3.33. The van der Waals surface area contributed by atoms with E-state index in [2.05, 4.69) is 11.5 Å². The van der Waals surface area contributed by atoms with E-state index in [1.807, 2.05) is 18.0 Å². The van der Waals surface area contributed by atoms with Crippen LogP contribution in [0.3, 0.4) is 0 Å². The highest BCUT2D eigenvalue weighted by Gasteiger charge is 2.44. The van der Waals surface area contributed by atoms with Crippen LogP contribution >= 0.6 is 23.2 Å². The predicted octanol–water partition coefficient (Wildman–Crippen LogP) is 7.34. The molecule has 3 aromatic rings. The number of likely N-dealkylation sites (N-methyl/N-ethyl adjacent to an activating group) is 1. The van der Waals surface area contributed by atoms with Crippen LogP contribution in [0.5, 0.6) is 5.75 Å². The highest BCUT2D eigenvalue weighted by molar-refractivity contribution is 6.42. The van der Waals surface area contributed by atoms with Crippen LogP contribution in [0.1, 0.15) is 41.9 Å². The molecule has 43 heavy (non-hydrogen) atoms. The van der Waals surface area contributed by atoms with Gasteiger partial charge in [0.1, 0.15) is 11.4 Å². The van der Waals surface area contributed by atoms with E-state index in [4.69, 9.17) is 32.7 Å². The summed E-state index contributed by atoms with van der Waals surface area (Å²) in [5.74, 6) is -0.687. The normalized spacial score (nSPS) is 16.9. The first-order valence-electron chi connectivity index (χ1n) is 14.2. The van der Waals surface area contributed by atoms with Crippen LogP contribution in [0.4, 0.5) is 14.5 Å². The Morgan fingerprint density at radius 3 is 2.51 bits per heavy atom. The molecule has 1 saturated heterocycles. The lowest BCUT2D eigenvalue weighted by molar-refractivity contribution is -0.132. The maximum atomic E-state index is 14.3. The molecular weight excluding hydrogens is 595 g/mol. The standard InChI is InChI=1S/C33H35Cl2F2N3O3/c1-21-39(3)30-9-7-24(36)19-26(30)33(43-21)12-15-40(16-13-33)14-11-25(23-6-8-27(34)28(35)18-23)32(41)38(2)20-22-5-10-31(42-4)29(37)17-22/h5-10,17-19,25H,1,11-16,20H2,2-4H3. The molecule has 0 aromatic heterocycles. The van der Waals surface area contributed by atoms with Crippen molar-refractivity contribution >= 4 is 34.8 Å². The molecule has 0 aliphatic carbocycles. The Morgan fingerprint density at radius 1 is 1.09 bits per heavy atom. The number of hydrogen-bond acceptors (Lipinski definition) is 5. The SMILES string of the molecule is C=C1OC2(CCN(CCC(C(=O)N(C)Cc3ccc(OC)c(F)c3)c3ccc(Cl)c(Cl)c3)CC2)c2cc(F)ccc2N1C. The summed E-state index contributed by atoms with van der Waals surface area (Å²) in [5, 5.41) is 0.791. The number of nitrogens with zero attached hydrogens (tertiary/aromatic N) is 3. The highest BCUT2D eigenvalue weighted by atomic mass is 35.5. The molecule has 0 N–H and O–H groups in total. The van der Waals surface area contributed by atoms with Crippen LogP contribution in [0, 0.1) is 11.6 Å². The molecular formula is C33H35Cl2F2N3O3. The fraction of sp³-hybridized carbons (Fsp3) is 0.364. The van der Waals surface area contributed by atoms with Crippen molar-refractivity contribution < 1.29 is 23.0 Å². The summed E-state index contributed by atoms with van der Waals surface area (Å²) in [6.07, 6.45) is 1.85. The number of benzene rings is 3. The van der Waals surface area contributed by atoms with Crippen LogP contribution in [0.15, 0.2) is 67.1 Å². The minimum absolute atomic E-state index is 0.109. The molecule has 0 bridgehead atoms. The van der Waals surface area contributed by atoms with Crippen molar-refractivity contribution in [3.05, 3.63) is 105 Å². The molecule has 2 heterocycles. The number of rotatable bonds is 8. The van der Waals surface area contributed by atoms with E-state index in [0.29, 0.717) is 60.4 Å². The van der Waals surface area contributed by atoms with Crippen molar-refractivity contribution in [3.8, 4) is 5.75 Å². The summed E-state index contributed by atoms with van der Waals surface area (Å²) in [6, 6.07) is 14.7.